The fourth-order valence-corrected chi connectivity index (χ4v) is 4.28. The number of benzene rings is 2. The molecule has 1 saturated heterocycles. The van der Waals surface area contributed by atoms with Gasteiger partial charge in [-0.1, -0.05) is 24.3 Å². The molecule has 0 aromatic heterocycles. The Morgan fingerprint density at radius 3 is 2.50 bits per heavy atom. The fourth-order valence-electron chi connectivity index (χ4n) is 4.28. The van der Waals surface area contributed by atoms with Crippen LogP contribution in [-0.2, 0) is 19.9 Å². The Bertz CT molecular complexity index is 952. The number of halogens is 1. The Balaban J connectivity index is 1.61. The maximum Gasteiger partial charge on any atom is 0.250 e. The summed E-state index contributed by atoms with van der Waals surface area (Å²) in [4.78, 5) is 27.6. The first-order valence-corrected chi connectivity index (χ1v) is 10.2. The summed E-state index contributed by atoms with van der Waals surface area (Å²) < 4.78 is 19.0. The van der Waals surface area contributed by atoms with Crippen LogP contribution in [-0.4, -0.2) is 37.1 Å². The van der Waals surface area contributed by atoms with Gasteiger partial charge in [0.05, 0.1) is 17.9 Å². The number of fused-ring (bicyclic) bond motifs is 1. The van der Waals surface area contributed by atoms with Crippen molar-refractivity contribution in [1.29, 1.82) is 0 Å². The molecule has 0 atom stereocenters. The van der Waals surface area contributed by atoms with Gasteiger partial charge in [-0.3, -0.25) is 19.8 Å². The summed E-state index contributed by atoms with van der Waals surface area (Å²) >= 11 is 0. The van der Waals surface area contributed by atoms with Gasteiger partial charge >= 0.3 is 0 Å². The van der Waals surface area contributed by atoms with Crippen LogP contribution in [0.2, 0.25) is 0 Å². The molecular formula is C23H26FN3O3. The van der Waals surface area contributed by atoms with Crippen LogP contribution in [0.4, 0.5) is 15.8 Å². The smallest absolute Gasteiger partial charge is 0.250 e. The monoisotopic (exact) mass is 411 g/mol. The third-order valence-electron chi connectivity index (χ3n) is 6.08. The average molecular weight is 411 g/mol. The minimum Gasteiger partial charge on any atom is -0.381 e. The second-order valence-corrected chi connectivity index (χ2v) is 8.31. The lowest BCUT2D eigenvalue weighted by Crippen LogP contribution is -2.61. The molecule has 0 saturated carbocycles. The van der Waals surface area contributed by atoms with Crippen molar-refractivity contribution >= 4 is 23.2 Å². The first-order valence-electron chi connectivity index (χ1n) is 10.2. The molecule has 7 heteroatoms. The summed E-state index contributed by atoms with van der Waals surface area (Å²) in [5.74, 6) is -0.723. The van der Waals surface area contributed by atoms with Gasteiger partial charge in [-0.05, 0) is 56.5 Å². The molecule has 2 amide bonds. The van der Waals surface area contributed by atoms with E-state index in [1.807, 2.05) is 18.2 Å². The number of hydrogen-bond acceptors (Lipinski definition) is 4. The van der Waals surface area contributed by atoms with Gasteiger partial charge in [-0.15, -0.1) is 0 Å². The van der Waals surface area contributed by atoms with Gasteiger partial charge in [0.25, 0.3) is 0 Å². The fraction of sp³-hybridized carbons (Fsp3) is 0.391. The highest BCUT2D eigenvalue weighted by Gasteiger charge is 2.44. The van der Waals surface area contributed by atoms with Gasteiger partial charge in [0.1, 0.15) is 11.4 Å². The van der Waals surface area contributed by atoms with Crippen LogP contribution < -0.4 is 15.5 Å². The molecule has 2 aliphatic heterocycles. The van der Waals surface area contributed by atoms with Crippen molar-refractivity contribution < 1.29 is 18.7 Å². The van der Waals surface area contributed by atoms with E-state index < -0.39 is 11.1 Å². The van der Waals surface area contributed by atoms with E-state index in [0.717, 1.165) is 5.56 Å². The number of carbonyl (C=O) groups is 2. The van der Waals surface area contributed by atoms with E-state index in [-0.39, 0.29) is 24.2 Å². The average Bonchev–Trinajstić information content (AvgIpc) is 2.74. The molecule has 4 rings (SSSR count). The van der Waals surface area contributed by atoms with Crippen LogP contribution in [0.25, 0.3) is 0 Å². The predicted molar refractivity (Wildman–Crippen MR) is 113 cm³/mol. The van der Waals surface area contributed by atoms with Crippen LogP contribution in [0.1, 0.15) is 32.3 Å². The Kier molecular flexibility index (Phi) is 5.34. The molecule has 0 spiro atoms. The Hall–Kier alpha value is -2.77. The van der Waals surface area contributed by atoms with Crippen molar-refractivity contribution in [3.05, 3.63) is 59.9 Å². The molecule has 158 valence electrons. The first-order chi connectivity index (χ1) is 14.3. The highest BCUT2D eigenvalue weighted by Crippen LogP contribution is 2.37. The number of anilines is 2. The molecule has 2 aromatic rings. The topological polar surface area (TPSA) is 70.7 Å². The molecule has 2 N–H and O–H groups in total. The van der Waals surface area contributed by atoms with E-state index in [1.165, 1.54) is 12.1 Å². The number of nitrogens with one attached hydrogen (secondary N) is 2. The Labute approximate surface area is 175 Å². The Morgan fingerprint density at radius 2 is 1.80 bits per heavy atom. The minimum atomic E-state index is -1.02. The molecule has 0 radical (unpaired) electrons. The molecule has 0 unspecified atom stereocenters. The molecule has 2 aromatic carbocycles. The van der Waals surface area contributed by atoms with Gasteiger partial charge in [-0.25, -0.2) is 4.39 Å². The SMILES string of the molecule is CC1(C)C(=O)Nc2ccccc2N1C(=O)CNC1(c2ccc(F)cc2)CCOCC1. The van der Waals surface area contributed by atoms with E-state index in [1.54, 1.807) is 36.9 Å². The summed E-state index contributed by atoms with van der Waals surface area (Å²) in [5.41, 5.74) is 0.719. The summed E-state index contributed by atoms with van der Waals surface area (Å²) in [7, 11) is 0. The van der Waals surface area contributed by atoms with Crippen molar-refractivity contribution in [2.24, 2.45) is 0 Å². The largest absolute Gasteiger partial charge is 0.381 e. The molecule has 2 aliphatic rings. The lowest BCUT2D eigenvalue weighted by molar-refractivity contribution is -0.126. The zero-order chi connectivity index (χ0) is 21.4. The van der Waals surface area contributed by atoms with Gasteiger partial charge in [0.2, 0.25) is 11.8 Å². The number of ether oxygens (including phenoxy) is 1. The summed E-state index contributed by atoms with van der Waals surface area (Å²) in [6.45, 7) is 4.63. The van der Waals surface area contributed by atoms with Crippen LogP contribution in [0, 0.1) is 5.82 Å². The molecule has 2 heterocycles. The van der Waals surface area contributed by atoms with Crippen LogP contribution in [0.3, 0.4) is 0 Å². The molecule has 30 heavy (non-hydrogen) atoms. The predicted octanol–water partition coefficient (Wildman–Crippen LogP) is 3.18. The Morgan fingerprint density at radius 1 is 1.13 bits per heavy atom. The maximum absolute atomic E-state index is 13.5. The normalized spacial score (nSPS) is 19.7. The van der Waals surface area contributed by atoms with E-state index in [0.29, 0.717) is 37.4 Å². The number of hydrogen-bond donors (Lipinski definition) is 2. The third-order valence-corrected chi connectivity index (χ3v) is 6.08. The van der Waals surface area contributed by atoms with Crippen molar-refractivity contribution in [3.63, 3.8) is 0 Å². The quantitative estimate of drug-likeness (QED) is 0.811. The van der Waals surface area contributed by atoms with Gasteiger partial charge in [0.15, 0.2) is 0 Å². The number of amides is 2. The number of carbonyl (C=O) groups excluding carboxylic acids is 2. The molecular weight excluding hydrogens is 385 g/mol. The van der Waals surface area contributed by atoms with E-state index in [4.69, 9.17) is 4.74 Å². The second-order valence-electron chi connectivity index (χ2n) is 8.31. The van der Waals surface area contributed by atoms with Gasteiger partial charge in [-0.2, -0.15) is 0 Å². The van der Waals surface area contributed by atoms with Gasteiger partial charge < -0.3 is 10.1 Å². The van der Waals surface area contributed by atoms with Crippen molar-refractivity contribution in [1.82, 2.24) is 5.32 Å². The van der Waals surface area contributed by atoms with Crippen LogP contribution >= 0.6 is 0 Å². The lowest BCUT2D eigenvalue weighted by Gasteiger charge is -2.43. The van der Waals surface area contributed by atoms with E-state index in [9.17, 15) is 14.0 Å². The molecule has 0 aliphatic carbocycles. The molecule has 1 fully saturated rings. The number of nitrogens with zero attached hydrogens (tertiary/aromatic N) is 1. The lowest BCUT2D eigenvalue weighted by atomic mass is 9.82. The summed E-state index contributed by atoms with van der Waals surface area (Å²) in [6, 6.07) is 13.7. The minimum absolute atomic E-state index is 0.0441. The van der Waals surface area contributed by atoms with Crippen molar-refractivity contribution in [3.8, 4) is 0 Å². The third kappa shape index (κ3) is 3.59. The first kappa shape index (κ1) is 20.5. The van der Waals surface area contributed by atoms with Crippen molar-refractivity contribution in [2.75, 3.05) is 30.0 Å². The zero-order valence-electron chi connectivity index (χ0n) is 17.2. The van der Waals surface area contributed by atoms with E-state index in [2.05, 4.69) is 10.6 Å². The molecule has 6 nitrogen and oxygen atoms in total. The van der Waals surface area contributed by atoms with E-state index >= 15 is 0 Å². The maximum atomic E-state index is 13.5. The molecule has 0 bridgehead atoms. The number of para-hydroxylation sites is 2. The van der Waals surface area contributed by atoms with Crippen LogP contribution in [0.5, 0.6) is 0 Å². The number of rotatable bonds is 4. The standard InChI is InChI=1S/C23H26FN3O3/c1-22(2)21(29)26-18-5-3-4-6-19(18)27(22)20(28)15-25-23(11-13-30-14-12-23)16-7-9-17(24)10-8-16/h3-10,25H,11-15H2,1-2H3,(H,26,29). The van der Waals surface area contributed by atoms with Crippen LogP contribution in [0.15, 0.2) is 48.5 Å². The highest BCUT2D eigenvalue weighted by molar-refractivity contribution is 6.14. The highest BCUT2D eigenvalue weighted by atomic mass is 19.1. The van der Waals surface area contributed by atoms with Crippen molar-refractivity contribution in [2.45, 2.75) is 37.8 Å². The zero-order valence-corrected chi connectivity index (χ0v) is 17.2. The second kappa shape index (κ2) is 7.81. The summed E-state index contributed by atoms with van der Waals surface area (Å²) in [6.07, 6.45) is 1.35. The van der Waals surface area contributed by atoms with Gasteiger partial charge in [0, 0.05) is 18.8 Å². The summed E-state index contributed by atoms with van der Waals surface area (Å²) in [5, 5.41) is 6.30.